The van der Waals surface area contributed by atoms with Crippen LogP contribution in [0.1, 0.15) is 26.2 Å². The number of carbonyl (C=O) groups excluding carboxylic acids is 1. The molecule has 20 heavy (non-hydrogen) atoms. The zero-order valence-electron chi connectivity index (χ0n) is 11.4. The first-order valence-corrected chi connectivity index (χ1v) is 6.67. The van der Waals surface area contributed by atoms with Gasteiger partial charge in [-0.25, -0.2) is 4.79 Å². The molecule has 1 aromatic carbocycles. The SMILES string of the molecule is CCCCCOC(=O)Cn1c(=O)oc2cccc(N)c21. The fraction of sp³-hybridized carbons (Fsp3) is 0.429. The molecular formula is C14H18N2O4. The van der Waals surface area contributed by atoms with E-state index in [9.17, 15) is 9.59 Å². The molecule has 0 aliphatic carbocycles. The number of carbonyl (C=O) groups is 1. The number of hydrogen-bond acceptors (Lipinski definition) is 5. The molecule has 0 atom stereocenters. The van der Waals surface area contributed by atoms with Crippen LogP contribution in [0.5, 0.6) is 0 Å². The van der Waals surface area contributed by atoms with Crippen LogP contribution in [0.25, 0.3) is 11.1 Å². The maximum atomic E-state index is 11.7. The summed E-state index contributed by atoms with van der Waals surface area (Å²) in [4.78, 5) is 23.5. The van der Waals surface area contributed by atoms with E-state index in [2.05, 4.69) is 6.92 Å². The molecule has 108 valence electrons. The molecule has 0 radical (unpaired) electrons. The van der Waals surface area contributed by atoms with Crippen LogP contribution in [0.2, 0.25) is 0 Å². The summed E-state index contributed by atoms with van der Waals surface area (Å²) >= 11 is 0. The number of rotatable bonds is 6. The lowest BCUT2D eigenvalue weighted by atomic mass is 10.3. The van der Waals surface area contributed by atoms with Gasteiger partial charge >= 0.3 is 11.7 Å². The number of anilines is 1. The molecule has 0 spiro atoms. The molecule has 0 saturated carbocycles. The lowest BCUT2D eigenvalue weighted by molar-refractivity contribution is -0.144. The predicted molar refractivity (Wildman–Crippen MR) is 75.4 cm³/mol. The minimum atomic E-state index is -0.608. The Hall–Kier alpha value is -2.24. The highest BCUT2D eigenvalue weighted by atomic mass is 16.5. The van der Waals surface area contributed by atoms with Gasteiger partial charge in [-0.2, -0.15) is 0 Å². The van der Waals surface area contributed by atoms with Crippen molar-refractivity contribution in [2.75, 3.05) is 12.3 Å². The summed E-state index contributed by atoms with van der Waals surface area (Å²) in [7, 11) is 0. The van der Waals surface area contributed by atoms with Crippen molar-refractivity contribution in [1.82, 2.24) is 4.57 Å². The number of nitrogens with zero attached hydrogens (tertiary/aromatic N) is 1. The van der Waals surface area contributed by atoms with Crippen molar-refractivity contribution in [3.8, 4) is 0 Å². The molecule has 0 unspecified atom stereocenters. The molecular weight excluding hydrogens is 260 g/mol. The topological polar surface area (TPSA) is 87.5 Å². The molecule has 2 rings (SSSR count). The Bertz CT molecular complexity index is 657. The minimum Gasteiger partial charge on any atom is -0.464 e. The summed E-state index contributed by atoms with van der Waals surface area (Å²) in [6.45, 7) is 2.25. The van der Waals surface area contributed by atoms with Crippen LogP contribution in [0.3, 0.4) is 0 Å². The van der Waals surface area contributed by atoms with Crippen molar-refractivity contribution in [1.29, 1.82) is 0 Å². The summed E-state index contributed by atoms with van der Waals surface area (Å²) < 4.78 is 11.3. The first-order valence-electron chi connectivity index (χ1n) is 6.67. The fourth-order valence-corrected chi connectivity index (χ4v) is 2.01. The number of hydrogen-bond donors (Lipinski definition) is 1. The molecule has 1 aromatic heterocycles. The lowest BCUT2D eigenvalue weighted by Gasteiger charge is -2.05. The second kappa shape index (κ2) is 6.27. The van der Waals surface area contributed by atoms with Crippen LogP contribution in [0.15, 0.2) is 27.4 Å². The maximum absolute atomic E-state index is 11.7. The van der Waals surface area contributed by atoms with Gasteiger partial charge in [0.15, 0.2) is 5.58 Å². The van der Waals surface area contributed by atoms with E-state index >= 15 is 0 Å². The zero-order valence-corrected chi connectivity index (χ0v) is 11.4. The van der Waals surface area contributed by atoms with Crippen molar-refractivity contribution in [2.45, 2.75) is 32.7 Å². The van der Waals surface area contributed by atoms with Crippen LogP contribution >= 0.6 is 0 Å². The third kappa shape index (κ3) is 3.01. The molecule has 0 aliphatic rings. The monoisotopic (exact) mass is 278 g/mol. The Labute approximate surface area is 116 Å². The van der Waals surface area contributed by atoms with Crippen molar-refractivity contribution < 1.29 is 13.9 Å². The van der Waals surface area contributed by atoms with E-state index in [1.165, 1.54) is 4.57 Å². The molecule has 6 heteroatoms. The molecule has 0 fully saturated rings. The number of nitrogen functional groups attached to an aromatic ring is 1. The van der Waals surface area contributed by atoms with Crippen molar-refractivity contribution >= 4 is 22.8 Å². The van der Waals surface area contributed by atoms with E-state index in [-0.39, 0.29) is 6.54 Å². The summed E-state index contributed by atoms with van der Waals surface area (Å²) in [6.07, 6.45) is 2.89. The van der Waals surface area contributed by atoms with E-state index in [1.54, 1.807) is 18.2 Å². The Balaban J connectivity index is 2.11. The van der Waals surface area contributed by atoms with Gasteiger partial charge in [0.1, 0.15) is 12.1 Å². The van der Waals surface area contributed by atoms with E-state index < -0.39 is 11.7 Å². The number of unbranched alkanes of at least 4 members (excludes halogenated alkanes) is 2. The molecule has 0 aliphatic heterocycles. The summed E-state index contributed by atoms with van der Waals surface area (Å²) in [5.74, 6) is -1.07. The summed E-state index contributed by atoms with van der Waals surface area (Å²) in [5.41, 5.74) is 7.01. The average Bonchev–Trinajstić information content (AvgIpc) is 2.72. The number of fused-ring (bicyclic) bond motifs is 1. The number of nitrogens with two attached hydrogens (primary N) is 1. The smallest absolute Gasteiger partial charge is 0.420 e. The molecule has 6 nitrogen and oxygen atoms in total. The second-order valence-electron chi connectivity index (χ2n) is 4.58. The largest absolute Gasteiger partial charge is 0.464 e. The van der Waals surface area contributed by atoms with Gasteiger partial charge in [-0.1, -0.05) is 25.8 Å². The Morgan fingerprint density at radius 2 is 2.20 bits per heavy atom. The van der Waals surface area contributed by atoms with E-state index in [1.807, 2.05) is 0 Å². The van der Waals surface area contributed by atoms with Gasteiger partial charge in [-0.15, -0.1) is 0 Å². The molecule has 1 heterocycles. The Morgan fingerprint density at radius 1 is 1.40 bits per heavy atom. The quantitative estimate of drug-likeness (QED) is 0.495. The predicted octanol–water partition coefficient (Wildman–Crippen LogP) is 1.91. The van der Waals surface area contributed by atoms with Crippen molar-refractivity contribution in [2.24, 2.45) is 0 Å². The molecule has 0 saturated heterocycles. The molecule has 2 aromatic rings. The molecule has 0 bridgehead atoms. The maximum Gasteiger partial charge on any atom is 0.420 e. The van der Waals surface area contributed by atoms with E-state index in [4.69, 9.17) is 14.9 Å². The standard InChI is InChI=1S/C14H18N2O4/c1-2-3-4-8-19-12(17)9-16-13-10(15)6-5-7-11(13)20-14(16)18/h5-7H,2-4,8-9,15H2,1H3. The van der Waals surface area contributed by atoms with E-state index in [0.29, 0.717) is 23.4 Å². The van der Waals surface area contributed by atoms with E-state index in [0.717, 1.165) is 19.3 Å². The highest BCUT2D eigenvalue weighted by molar-refractivity contribution is 5.86. The molecule has 0 amide bonds. The average molecular weight is 278 g/mol. The van der Waals surface area contributed by atoms with Crippen LogP contribution in [-0.4, -0.2) is 17.1 Å². The zero-order chi connectivity index (χ0) is 14.5. The number of aromatic nitrogens is 1. The normalized spacial score (nSPS) is 10.8. The number of ether oxygens (including phenoxy) is 1. The summed E-state index contributed by atoms with van der Waals surface area (Å²) in [6, 6.07) is 4.98. The van der Waals surface area contributed by atoms with Crippen LogP contribution < -0.4 is 11.5 Å². The number of para-hydroxylation sites is 1. The lowest BCUT2D eigenvalue weighted by Crippen LogP contribution is -2.22. The fourth-order valence-electron chi connectivity index (χ4n) is 2.01. The minimum absolute atomic E-state index is 0.188. The van der Waals surface area contributed by atoms with Crippen molar-refractivity contribution in [3.05, 3.63) is 28.7 Å². The first kappa shape index (κ1) is 14.2. The first-order chi connectivity index (χ1) is 9.63. The third-order valence-electron chi connectivity index (χ3n) is 3.02. The third-order valence-corrected chi connectivity index (χ3v) is 3.02. The van der Waals surface area contributed by atoms with Gasteiger partial charge in [0.2, 0.25) is 0 Å². The van der Waals surface area contributed by atoms with Crippen molar-refractivity contribution in [3.63, 3.8) is 0 Å². The van der Waals surface area contributed by atoms with Gasteiger partial charge in [0.05, 0.1) is 12.3 Å². The number of oxazole rings is 1. The van der Waals surface area contributed by atoms with Gasteiger partial charge in [-0.3, -0.25) is 9.36 Å². The van der Waals surface area contributed by atoms with Gasteiger partial charge in [-0.05, 0) is 18.6 Å². The highest BCUT2D eigenvalue weighted by Crippen LogP contribution is 2.19. The molecule has 2 N–H and O–H groups in total. The van der Waals surface area contributed by atoms with Gasteiger partial charge in [0.25, 0.3) is 0 Å². The van der Waals surface area contributed by atoms with Crippen LogP contribution in [0, 0.1) is 0 Å². The Kier molecular flexibility index (Phi) is 4.45. The highest BCUT2D eigenvalue weighted by Gasteiger charge is 2.15. The number of esters is 1. The second-order valence-corrected chi connectivity index (χ2v) is 4.58. The Morgan fingerprint density at radius 3 is 2.95 bits per heavy atom. The van der Waals surface area contributed by atoms with Crippen LogP contribution in [0.4, 0.5) is 5.69 Å². The van der Waals surface area contributed by atoms with Crippen LogP contribution in [-0.2, 0) is 16.1 Å². The van der Waals surface area contributed by atoms with Gasteiger partial charge in [0, 0.05) is 0 Å². The summed E-state index contributed by atoms with van der Waals surface area (Å²) in [5, 5.41) is 0. The number of benzene rings is 1. The van der Waals surface area contributed by atoms with Gasteiger partial charge < -0.3 is 14.9 Å².